The highest BCUT2D eigenvalue weighted by molar-refractivity contribution is 5.84. The van der Waals surface area contributed by atoms with Crippen LogP contribution in [0.25, 0.3) is 0 Å². The lowest BCUT2D eigenvalue weighted by molar-refractivity contribution is -0.150. The van der Waals surface area contributed by atoms with E-state index in [1.807, 2.05) is 30.3 Å². The van der Waals surface area contributed by atoms with E-state index >= 15 is 0 Å². The van der Waals surface area contributed by atoms with Gasteiger partial charge in [-0.2, -0.15) is 0 Å². The fourth-order valence-electron chi connectivity index (χ4n) is 2.49. The standard InChI is InChI=1S/C17H22N2O4/c1-12(17(22)23)19(14-7-8-14)16(21)9-10-18-15(20)11-13-5-3-2-4-6-13/h2-6,12,14H,7-11H2,1H3,(H,18,20)(H,22,23). The van der Waals surface area contributed by atoms with E-state index in [2.05, 4.69) is 5.32 Å². The second kappa shape index (κ2) is 7.76. The van der Waals surface area contributed by atoms with Crippen molar-refractivity contribution in [2.24, 2.45) is 0 Å². The SMILES string of the molecule is CC(C(=O)O)N(C(=O)CCNC(=O)Cc1ccccc1)C1CC1. The summed E-state index contributed by atoms with van der Waals surface area (Å²) in [6, 6.07) is 8.57. The summed E-state index contributed by atoms with van der Waals surface area (Å²) in [5.41, 5.74) is 0.912. The molecule has 1 saturated carbocycles. The Labute approximate surface area is 135 Å². The summed E-state index contributed by atoms with van der Waals surface area (Å²) < 4.78 is 0. The predicted octanol–water partition coefficient (Wildman–Crippen LogP) is 1.20. The lowest BCUT2D eigenvalue weighted by Gasteiger charge is -2.26. The zero-order chi connectivity index (χ0) is 16.8. The van der Waals surface area contributed by atoms with Crippen molar-refractivity contribution in [3.8, 4) is 0 Å². The van der Waals surface area contributed by atoms with E-state index in [1.165, 1.54) is 11.8 Å². The van der Waals surface area contributed by atoms with Gasteiger partial charge < -0.3 is 15.3 Å². The van der Waals surface area contributed by atoms with Crippen LogP contribution < -0.4 is 5.32 Å². The molecule has 1 aliphatic carbocycles. The largest absolute Gasteiger partial charge is 0.480 e. The van der Waals surface area contributed by atoms with Crippen molar-refractivity contribution in [1.82, 2.24) is 10.2 Å². The molecule has 2 N–H and O–H groups in total. The number of benzene rings is 1. The molecular formula is C17H22N2O4. The molecule has 23 heavy (non-hydrogen) atoms. The van der Waals surface area contributed by atoms with E-state index in [4.69, 9.17) is 5.11 Å². The molecule has 0 saturated heterocycles. The minimum atomic E-state index is -1.00. The summed E-state index contributed by atoms with van der Waals surface area (Å²) in [5.74, 6) is -1.37. The highest BCUT2D eigenvalue weighted by Crippen LogP contribution is 2.29. The van der Waals surface area contributed by atoms with E-state index in [1.54, 1.807) is 0 Å². The Kier molecular flexibility index (Phi) is 5.73. The lowest BCUT2D eigenvalue weighted by Crippen LogP contribution is -2.45. The number of hydrogen-bond acceptors (Lipinski definition) is 3. The number of carboxylic acid groups (broad SMARTS) is 1. The normalized spacial score (nSPS) is 14.8. The Morgan fingerprint density at radius 1 is 1.26 bits per heavy atom. The maximum absolute atomic E-state index is 12.2. The summed E-state index contributed by atoms with van der Waals surface area (Å²) in [5, 5.41) is 11.8. The van der Waals surface area contributed by atoms with E-state index in [9.17, 15) is 14.4 Å². The average Bonchev–Trinajstić information content (AvgIpc) is 3.33. The van der Waals surface area contributed by atoms with Crippen molar-refractivity contribution in [2.45, 2.75) is 44.7 Å². The number of carbonyl (C=O) groups excluding carboxylic acids is 2. The topological polar surface area (TPSA) is 86.7 Å². The van der Waals surface area contributed by atoms with Gasteiger partial charge in [-0.15, -0.1) is 0 Å². The number of rotatable bonds is 8. The van der Waals surface area contributed by atoms with Gasteiger partial charge in [0.05, 0.1) is 6.42 Å². The van der Waals surface area contributed by atoms with Gasteiger partial charge in [-0.3, -0.25) is 9.59 Å². The highest BCUT2D eigenvalue weighted by atomic mass is 16.4. The zero-order valence-electron chi connectivity index (χ0n) is 13.2. The molecule has 0 spiro atoms. The molecule has 0 aromatic heterocycles. The van der Waals surface area contributed by atoms with Crippen LogP contribution >= 0.6 is 0 Å². The molecule has 1 aromatic carbocycles. The van der Waals surface area contributed by atoms with Crippen LogP contribution in [0.1, 0.15) is 31.7 Å². The molecule has 1 fully saturated rings. The molecule has 2 rings (SSSR count). The molecule has 0 aliphatic heterocycles. The first-order valence-electron chi connectivity index (χ1n) is 7.83. The zero-order valence-corrected chi connectivity index (χ0v) is 13.2. The molecule has 0 bridgehead atoms. The van der Waals surface area contributed by atoms with Gasteiger partial charge in [0.2, 0.25) is 11.8 Å². The molecule has 1 atom stereocenters. The van der Waals surface area contributed by atoms with Gasteiger partial charge in [0.1, 0.15) is 6.04 Å². The molecule has 6 nitrogen and oxygen atoms in total. The van der Waals surface area contributed by atoms with Crippen LogP contribution in [0, 0.1) is 0 Å². The van der Waals surface area contributed by atoms with Crippen molar-refractivity contribution in [3.05, 3.63) is 35.9 Å². The third-order valence-electron chi connectivity index (χ3n) is 3.87. The van der Waals surface area contributed by atoms with Gasteiger partial charge in [-0.1, -0.05) is 30.3 Å². The number of amides is 2. The maximum Gasteiger partial charge on any atom is 0.326 e. The van der Waals surface area contributed by atoms with Crippen molar-refractivity contribution in [3.63, 3.8) is 0 Å². The first-order chi connectivity index (χ1) is 11.0. The van der Waals surface area contributed by atoms with Crippen LogP contribution in [0.15, 0.2) is 30.3 Å². The number of nitrogens with zero attached hydrogens (tertiary/aromatic N) is 1. The minimum Gasteiger partial charge on any atom is -0.480 e. The van der Waals surface area contributed by atoms with Crippen LogP contribution in [-0.4, -0.2) is 46.4 Å². The molecule has 2 amide bonds. The lowest BCUT2D eigenvalue weighted by atomic mass is 10.1. The molecule has 0 radical (unpaired) electrons. The third-order valence-corrected chi connectivity index (χ3v) is 3.87. The number of hydrogen-bond donors (Lipinski definition) is 2. The van der Waals surface area contributed by atoms with Gasteiger partial charge in [-0.25, -0.2) is 4.79 Å². The van der Waals surface area contributed by atoms with Gasteiger partial charge in [0, 0.05) is 19.0 Å². The van der Waals surface area contributed by atoms with Crippen molar-refractivity contribution in [1.29, 1.82) is 0 Å². The summed E-state index contributed by atoms with van der Waals surface area (Å²) in [7, 11) is 0. The Morgan fingerprint density at radius 3 is 2.48 bits per heavy atom. The third kappa shape index (κ3) is 5.09. The van der Waals surface area contributed by atoms with Crippen molar-refractivity contribution < 1.29 is 19.5 Å². The maximum atomic E-state index is 12.2. The smallest absolute Gasteiger partial charge is 0.326 e. The fraction of sp³-hybridized carbons (Fsp3) is 0.471. The first-order valence-corrected chi connectivity index (χ1v) is 7.83. The van der Waals surface area contributed by atoms with Crippen molar-refractivity contribution in [2.75, 3.05) is 6.54 Å². The second-order valence-corrected chi connectivity index (χ2v) is 5.81. The van der Waals surface area contributed by atoms with Crippen LogP contribution in [0.2, 0.25) is 0 Å². The van der Waals surface area contributed by atoms with E-state index in [0.717, 1.165) is 18.4 Å². The summed E-state index contributed by atoms with van der Waals surface area (Å²) in [4.78, 5) is 36.6. The Bertz CT molecular complexity index is 569. The Hall–Kier alpha value is -2.37. The quantitative estimate of drug-likeness (QED) is 0.754. The molecular weight excluding hydrogens is 296 g/mol. The number of carbonyl (C=O) groups is 3. The van der Waals surface area contributed by atoms with Crippen LogP contribution in [0.5, 0.6) is 0 Å². The molecule has 1 unspecified atom stereocenters. The van der Waals surface area contributed by atoms with Crippen LogP contribution in [0.3, 0.4) is 0 Å². The van der Waals surface area contributed by atoms with Gasteiger partial charge in [0.15, 0.2) is 0 Å². The first kappa shape index (κ1) is 17.0. The fourth-order valence-corrected chi connectivity index (χ4v) is 2.49. The molecule has 0 heterocycles. The van der Waals surface area contributed by atoms with E-state index in [-0.39, 0.29) is 37.2 Å². The van der Waals surface area contributed by atoms with Gasteiger partial charge >= 0.3 is 5.97 Å². The van der Waals surface area contributed by atoms with E-state index < -0.39 is 12.0 Å². The van der Waals surface area contributed by atoms with E-state index in [0.29, 0.717) is 0 Å². The van der Waals surface area contributed by atoms with Crippen molar-refractivity contribution >= 4 is 17.8 Å². The number of carboxylic acids is 1. The van der Waals surface area contributed by atoms with Crippen LogP contribution in [-0.2, 0) is 20.8 Å². The molecule has 1 aromatic rings. The summed E-state index contributed by atoms with van der Waals surface area (Å²) >= 11 is 0. The summed E-state index contributed by atoms with van der Waals surface area (Å²) in [6.45, 7) is 1.74. The Morgan fingerprint density at radius 2 is 1.91 bits per heavy atom. The van der Waals surface area contributed by atoms with Gasteiger partial charge in [0.25, 0.3) is 0 Å². The Balaban J connectivity index is 1.77. The van der Waals surface area contributed by atoms with Crippen LogP contribution in [0.4, 0.5) is 0 Å². The second-order valence-electron chi connectivity index (χ2n) is 5.81. The minimum absolute atomic E-state index is 0.0358. The average molecular weight is 318 g/mol. The number of aliphatic carboxylic acids is 1. The predicted molar refractivity (Wildman–Crippen MR) is 84.7 cm³/mol. The highest BCUT2D eigenvalue weighted by Gasteiger charge is 2.37. The summed E-state index contributed by atoms with van der Waals surface area (Å²) in [6.07, 6.45) is 2.09. The number of nitrogens with one attached hydrogen (secondary N) is 1. The molecule has 1 aliphatic rings. The van der Waals surface area contributed by atoms with Gasteiger partial charge in [-0.05, 0) is 25.3 Å². The molecule has 6 heteroatoms. The molecule has 124 valence electrons. The monoisotopic (exact) mass is 318 g/mol.